The molecular formula is C20H32N4O5. The Labute approximate surface area is 171 Å². The number of aryl methyl sites for hydroxylation is 1. The summed E-state index contributed by atoms with van der Waals surface area (Å²) in [5.74, 6) is -0.955. The molecule has 1 aromatic carbocycles. The van der Waals surface area contributed by atoms with Crippen LogP contribution in [0.25, 0.3) is 0 Å². The third-order valence-corrected chi connectivity index (χ3v) is 3.77. The van der Waals surface area contributed by atoms with Crippen molar-refractivity contribution in [2.45, 2.75) is 51.7 Å². The summed E-state index contributed by atoms with van der Waals surface area (Å²) in [6.45, 7) is 6.57. The van der Waals surface area contributed by atoms with Gasteiger partial charge in [0.05, 0.1) is 0 Å². The summed E-state index contributed by atoms with van der Waals surface area (Å²) in [4.78, 5) is 33.6. The van der Waals surface area contributed by atoms with Crippen molar-refractivity contribution in [1.82, 2.24) is 10.6 Å². The highest BCUT2D eigenvalue weighted by molar-refractivity contribution is 6.02. The molecule has 1 rings (SSSR count). The largest absolute Gasteiger partial charge is 0.492 e. The predicted molar refractivity (Wildman–Crippen MR) is 109 cm³/mol. The Kier molecular flexibility index (Phi) is 9.94. The zero-order chi connectivity index (χ0) is 21.9. The fourth-order valence-corrected chi connectivity index (χ4v) is 2.42. The van der Waals surface area contributed by atoms with Crippen molar-refractivity contribution in [3.05, 3.63) is 29.8 Å². The van der Waals surface area contributed by atoms with Crippen molar-refractivity contribution in [2.24, 2.45) is 11.5 Å². The number of unbranched alkanes of at least 4 members (excludes halogenated alkanes) is 1. The molecule has 0 aromatic heterocycles. The van der Waals surface area contributed by atoms with Crippen molar-refractivity contribution in [3.63, 3.8) is 0 Å². The molecule has 6 N–H and O–H groups in total. The van der Waals surface area contributed by atoms with E-state index in [2.05, 4.69) is 10.6 Å². The second-order valence-corrected chi connectivity index (χ2v) is 7.57. The lowest BCUT2D eigenvalue weighted by Gasteiger charge is -2.19. The van der Waals surface area contributed by atoms with Gasteiger partial charge in [-0.25, -0.2) is 4.79 Å². The van der Waals surface area contributed by atoms with Gasteiger partial charge in [-0.2, -0.15) is 0 Å². The number of nitrogens with one attached hydrogen (secondary N) is 2. The molecule has 162 valence electrons. The molecule has 0 radical (unpaired) electrons. The third-order valence-electron chi connectivity index (χ3n) is 3.77. The molecule has 3 amide bonds. The lowest BCUT2D eigenvalue weighted by Crippen LogP contribution is -2.51. The summed E-state index contributed by atoms with van der Waals surface area (Å²) in [5.41, 5.74) is 10.8. The van der Waals surface area contributed by atoms with Crippen LogP contribution in [0, 0.1) is 0 Å². The first kappa shape index (κ1) is 24.2. The van der Waals surface area contributed by atoms with Crippen LogP contribution >= 0.6 is 0 Å². The number of alkyl carbamates (subject to hydrolysis) is 1. The number of hydrogen-bond donors (Lipinski definition) is 4. The van der Waals surface area contributed by atoms with E-state index in [1.807, 2.05) is 45.0 Å². The Hall–Kier alpha value is -2.81. The molecule has 0 atom stereocenters. The first-order valence-electron chi connectivity index (χ1n) is 9.59. The van der Waals surface area contributed by atoms with Gasteiger partial charge in [-0.05, 0) is 57.7 Å². The second-order valence-electron chi connectivity index (χ2n) is 7.57. The number of rotatable bonds is 12. The van der Waals surface area contributed by atoms with E-state index < -0.39 is 29.6 Å². The Bertz CT molecular complexity index is 656. The molecule has 0 saturated carbocycles. The molecule has 0 aliphatic heterocycles. The van der Waals surface area contributed by atoms with Gasteiger partial charge in [0.15, 0.2) is 6.04 Å². The molecule has 9 nitrogen and oxygen atoms in total. The molecule has 29 heavy (non-hydrogen) atoms. The number of hydrogen-bond acceptors (Lipinski definition) is 6. The maximum absolute atomic E-state index is 11.5. The van der Waals surface area contributed by atoms with E-state index in [9.17, 15) is 14.4 Å². The quantitative estimate of drug-likeness (QED) is 0.298. The minimum absolute atomic E-state index is 0.253. The van der Waals surface area contributed by atoms with E-state index in [4.69, 9.17) is 20.9 Å². The van der Waals surface area contributed by atoms with Gasteiger partial charge in [0.2, 0.25) is 11.8 Å². The van der Waals surface area contributed by atoms with Gasteiger partial charge in [-0.1, -0.05) is 12.1 Å². The molecule has 0 bridgehead atoms. The molecule has 0 saturated heterocycles. The van der Waals surface area contributed by atoms with E-state index in [0.717, 1.165) is 24.8 Å². The Morgan fingerprint density at radius 2 is 1.62 bits per heavy atom. The Balaban J connectivity index is 2.21. The standard InChI is InChI=1S/C20H32N4O5/c1-20(2,3)29-19(27)24-11-5-4-6-14-7-9-15(10-8-14)28-13-12-23-16(17(21)25)18(22)26/h7-10,16,23H,4-6,11-13H2,1-3H3,(H2,21,25)(H2,22,26)(H,24,27). The molecule has 0 fully saturated rings. The van der Waals surface area contributed by atoms with E-state index >= 15 is 0 Å². The minimum Gasteiger partial charge on any atom is -0.492 e. The maximum Gasteiger partial charge on any atom is 0.407 e. The SMILES string of the molecule is CC(C)(C)OC(=O)NCCCCc1ccc(OCCNC(C(N)=O)C(N)=O)cc1. The van der Waals surface area contributed by atoms with Gasteiger partial charge in [0, 0.05) is 13.1 Å². The van der Waals surface area contributed by atoms with Gasteiger partial charge >= 0.3 is 6.09 Å². The highest BCUT2D eigenvalue weighted by Gasteiger charge is 2.20. The predicted octanol–water partition coefficient (Wildman–Crippen LogP) is 0.842. The third kappa shape index (κ3) is 10.9. The summed E-state index contributed by atoms with van der Waals surface area (Å²) >= 11 is 0. The van der Waals surface area contributed by atoms with Gasteiger partial charge in [-0.15, -0.1) is 0 Å². The minimum atomic E-state index is -1.20. The zero-order valence-corrected chi connectivity index (χ0v) is 17.3. The summed E-state index contributed by atoms with van der Waals surface area (Å²) in [5, 5.41) is 5.39. The van der Waals surface area contributed by atoms with Crippen LogP contribution in [-0.4, -0.2) is 49.2 Å². The van der Waals surface area contributed by atoms with Crippen LogP contribution in [0.5, 0.6) is 5.75 Å². The van der Waals surface area contributed by atoms with Gasteiger partial charge in [0.25, 0.3) is 0 Å². The van der Waals surface area contributed by atoms with Crippen LogP contribution in [0.2, 0.25) is 0 Å². The van der Waals surface area contributed by atoms with E-state index in [1.165, 1.54) is 0 Å². The highest BCUT2D eigenvalue weighted by Crippen LogP contribution is 2.14. The molecule has 0 spiro atoms. The second kappa shape index (κ2) is 11.9. The molecule has 0 unspecified atom stereocenters. The van der Waals surface area contributed by atoms with Crippen molar-refractivity contribution in [3.8, 4) is 5.75 Å². The average Bonchev–Trinajstić information content (AvgIpc) is 2.60. The van der Waals surface area contributed by atoms with Crippen molar-refractivity contribution < 1.29 is 23.9 Å². The van der Waals surface area contributed by atoms with Crippen molar-refractivity contribution in [2.75, 3.05) is 19.7 Å². The number of carbonyl (C=O) groups is 3. The van der Waals surface area contributed by atoms with E-state index in [0.29, 0.717) is 12.3 Å². The number of amides is 3. The van der Waals surface area contributed by atoms with Gasteiger partial charge < -0.3 is 26.3 Å². The van der Waals surface area contributed by atoms with Crippen LogP contribution in [0.3, 0.4) is 0 Å². The lowest BCUT2D eigenvalue weighted by molar-refractivity contribution is -0.128. The summed E-state index contributed by atoms with van der Waals surface area (Å²) in [6.07, 6.45) is 2.27. The lowest BCUT2D eigenvalue weighted by atomic mass is 10.1. The number of carbonyl (C=O) groups excluding carboxylic acids is 3. The Morgan fingerprint density at radius 1 is 1.00 bits per heavy atom. The first-order valence-corrected chi connectivity index (χ1v) is 9.59. The molecule has 9 heteroatoms. The Morgan fingerprint density at radius 3 is 2.17 bits per heavy atom. The monoisotopic (exact) mass is 408 g/mol. The summed E-state index contributed by atoms with van der Waals surface area (Å²) in [7, 11) is 0. The summed E-state index contributed by atoms with van der Waals surface area (Å²) in [6, 6.07) is 6.45. The average molecular weight is 408 g/mol. The van der Waals surface area contributed by atoms with Crippen LogP contribution in [0.1, 0.15) is 39.2 Å². The number of benzene rings is 1. The fourth-order valence-electron chi connectivity index (χ4n) is 2.42. The zero-order valence-electron chi connectivity index (χ0n) is 17.3. The maximum atomic E-state index is 11.5. The molecule has 0 heterocycles. The molecule has 0 aliphatic carbocycles. The summed E-state index contributed by atoms with van der Waals surface area (Å²) < 4.78 is 10.7. The van der Waals surface area contributed by atoms with Gasteiger partial charge in [0.1, 0.15) is 18.0 Å². The van der Waals surface area contributed by atoms with Crippen LogP contribution < -0.4 is 26.8 Å². The number of nitrogens with two attached hydrogens (primary N) is 2. The van der Waals surface area contributed by atoms with E-state index in [1.54, 1.807) is 0 Å². The van der Waals surface area contributed by atoms with Crippen LogP contribution in [0.4, 0.5) is 4.79 Å². The smallest absolute Gasteiger partial charge is 0.407 e. The van der Waals surface area contributed by atoms with Crippen LogP contribution in [-0.2, 0) is 20.7 Å². The number of primary amides is 2. The molecule has 1 aromatic rings. The van der Waals surface area contributed by atoms with Crippen LogP contribution in [0.15, 0.2) is 24.3 Å². The topological polar surface area (TPSA) is 146 Å². The van der Waals surface area contributed by atoms with E-state index in [-0.39, 0.29) is 13.2 Å². The number of ether oxygens (including phenoxy) is 2. The van der Waals surface area contributed by atoms with Crippen molar-refractivity contribution >= 4 is 17.9 Å². The van der Waals surface area contributed by atoms with Gasteiger partial charge in [-0.3, -0.25) is 14.9 Å². The fraction of sp³-hybridized carbons (Fsp3) is 0.550. The normalized spacial score (nSPS) is 11.2. The molecular weight excluding hydrogens is 376 g/mol. The highest BCUT2D eigenvalue weighted by atomic mass is 16.6. The molecule has 0 aliphatic rings. The first-order chi connectivity index (χ1) is 13.6. The van der Waals surface area contributed by atoms with Crippen molar-refractivity contribution in [1.29, 1.82) is 0 Å².